The van der Waals surface area contributed by atoms with E-state index in [1.807, 2.05) is 24.3 Å². The third-order valence-corrected chi connectivity index (χ3v) is 7.22. The van der Waals surface area contributed by atoms with Crippen molar-refractivity contribution in [3.05, 3.63) is 53.6 Å². The van der Waals surface area contributed by atoms with Crippen molar-refractivity contribution in [2.75, 3.05) is 33.9 Å². The Morgan fingerprint density at radius 1 is 1.04 bits per heavy atom. The van der Waals surface area contributed by atoms with Gasteiger partial charge in [0, 0.05) is 19.2 Å². The second kappa shape index (κ2) is 7.10. The zero-order valence-electron chi connectivity index (χ0n) is 15.8. The first-order valence-corrected chi connectivity index (χ1v) is 10.5. The van der Waals surface area contributed by atoms with Crippen molar-refractivity contribution in [1.29, 1.82) is 0 Å². The fourth-order valence-electron chi connectivity index (χ4n) is 3.96. The Bertz CT molecular complexity index is 1020. The van der Waals surface area contributed by atoms with E-state index in [4.69, 9.17) is 9.47 Å². The van der Waals surface area contributed by atoms with E-state index in [-0.39, 0.29) is 29.9 Å². The quantitative estimate of drug-likeness (QED) is 0.780. The molecule has 2 aliphatic heterocycles. The summed E-state index contributed by atoms with van der Waals surface area (Å²) in [6, 6.07) is 12.1. The predicted molar refractivity (Wildman–Crippen MR) is 103 cm³/mol. The lowest BCUT2D eigenvalue weighted by Gasteiger charge is -2.44. The van der Waals surface area contributed by atoms with Crippen LogP contribution in [-0.2, 0) is 21.2 Å². The molecule has 7 nitrogen and oxygen atoms in total. The van der Waals surface area contributed by atoms with Gasteiger partial charge in [-0.25, -0.2) is 8.42 Å². The van der Waals surface area contributed by atoms with Gasteiger partial charge in [-0.15, -0.1) is 0 Å². The van der Waals surface area contributed by atoms with Gasteiger partial charge in [0.15, 0.2) is 11.5 Å². The van der Waals surface area contributed by atoms with Crippen LogP contribution < -0.4 is 9.47 Å². The minimum atomic E-state index is -3.86. The number of nitrogens with zero attached hydrogens (tertiary/aromatic N) is 2. The zero-order chi connectivity index (χ0) is 19.9. The van der Waals surface area contributed by atoms with Gasteiger partial charge in [-0.2, -0.15) is 4.31 Å². The minimum absolute atomic E-state index is 0.0792. The van der Waals surface area contributed by atoms with E-state index in [1.54, 1.807) is 11.0 Å². The van der Waals surface area contributed by atoms with Crippen LogP contribution in [0.5, 0.6) is 11.5 Å². The Morgan fingerprint density at radius 3 is 2.54 bits per heavy atom. The first-order valence-electron chi connectivity index (χ1n) is 9.05. The molecular weight excluding hydrogens is 380 g/mol. The van der Waals surface area contributed by atoms with E-state index in [2.05, 4.69) is 0 Å². The highest BCUT2D eigenvalue weighted by atomic mass is 32.2. The van der Waals surface area contributed by atoms with Crippen LogP contribution in [0.2, 0.25) is 0 Å². The van der Waals surface area contributed by atoms with Gasteiger partial charge < -0.3 is 14.4 Å². The van der Waals surface area contributed by atoms with Crippen LogP contribution in [0.3, 0.4) is 0 Å². The highest BCUT2D eigenvalue weighted by Crippen LogP contribution is 2.36. The fourth-order valence-corrected chi connectivity index (χ4v) is 5.37. The summed E-state index contributed by atoms with van der Waals surface area (Å²) < 4.78 is 38.2. The SMILES string of the molecule is COc1ccc(S(=O)(=O)N2CC(=O)N3CCc4ccccc4C3C2)cc1OC. The third-order valence-electron chi connectivity index (χ3n) is 5.41. The number of sulfonamides is 1. The number of ether oxygens (including phenoxy) is 2. The summed E-state index contributed by atoms with van der Waals surface area (Å²) in [6.45, 7) is 0.694. The number of fused-ring (bicyclic) bond motifs is 3. The average molecular weight is 402 g/mol. The molecule has 0 aliphatic carbocycles. The summed E-state index contributed by atoms with van der Waals surface area (Å²) in [5.41, 5.74) is 2.19. The number of hydrogen-bond acceptors (Lipinski definition) is 5. The number of carbonyl (C=O) groups excluding carboxylic acids is 1. The number of amides is 1. The van der Waals surface area contributed by atoms with E-state index >= 15 is 0 Å². The first-order chi connectivity index (χ1) is 13.5. The van der Waals surface area contributed by atoms with Crippen LogP contribution in [-0.4, -0.2) is 57.4 Å². The summed E-state index contributed by atoms with van der Waals surface area (Å²) in [5.74, 6) is 0.606. The van der Waals surface area contributed by atoms with Crippen molar-refractivity contribution in [2.45, 2.75) is 17.4 Å². The zero-order valence-corrected chi connectivity index (χ0v) is 16.6. The minimum Gasteiger partial charge on any atom is -0.493 e. The fraction of sp³-hybridized carbons (Fsp3) is 0.350. The monoisotopic (exact) mass is 402 g/mol. The Balaban J connectivity index is 1.69. The van der Waals surface area contributed by atoms with Crippen molar-refractivity contribution in [2.24, 2.45) is 0 Å². The number of benzene rings is 2. The molecule has 1 atom stereocenters. The molecule has 1 amide bonds. The van der Waals surface area contributed by atoms with Gasteiger partial charge in [-0.05, 0) is 29.7 Å². The van der Waals surface area contributed by atoms with Gasteiger partial charge >= 0.3 is 0 Å². The Kier molecular flexibility index (Phi) is 4.76. The lowest BCUT2D eigenvalue weighted by atomic mass is 9.91. The van der Waals surface area contributed by atoms with E-state index < -0.39 is 10.0 Å². The summed E-state index contributed by atoms with van der Waals surface area (Å²) in [4.78, 5) is 14.6. The lowest BCUT2D eigenvalue weighted by Crippen LogP contribution is -2.55. The van der Waals surface area contributed by atoms with Crippen LogP contribution in [0.25, 0.3) is 0 Å². The number of rotatable bonds is 4. The Morgan fingerprint density at radius 2 is 1.79 bits per heavy atom. The summed E-state index contributed by atoms with van der Waals surface area (Å²) >= 11 is 0. The number of piperazine rings is 1. The second-order valence-corrected chi connectivity index (χ2v) is 8.80. The molecule has 0 saturated carbocycles. The molecule has 8 heteroatoms. The van der Waals surface area contributed by atoms with E-state index in [9.17, 15) is 13.2 Å². The molecule has 1 saturated heterocycles. The van der Waals surface area contributed by atoms with E-state index in [1.165, 1.54) is 36.2 Å². The summed E-state index contributed by atoms with van der Waals surface area (Å²) in [7, 11) is -0.911. The number of methoxy groups -OCH3 is 2. The molecule has 1 fully saturated rings. The van der Waals surface area contributed by atoms with Crippen LogP contribution >= 0.6 is 0 Å². The van der Waals surface area contributed by atoms with Crippen molar-refractivity contribution in [1.82, 2.24) is 9.21 Å². The molecule has 0 N–H and O–H groups in total. The topological polar surface area (TPSA) is 76.2 Å². The smallest absolute Gasteiger partial charge is 0.243 e. The molecule has 1 unspecified atom stereocenters. The van der Waals surface area contributed by atoms with Crippen LogP contribution in [0.1, 0.15) is 17.2 Å². The van der Waals surface area contributed by atoms with Gasteiger partial charge in [-0.3, -0.25) is 4.79 Å². The van der Waals surface area contributed by atoms with E-state index in [0.717, 1.165) is 12.0 Å². The number of hydrogen-bond donors (Lipinski definition) is 0. The Labute approximate surface area is 164 Å². The molecule has 4 rings (SSSR count). The normalized spacial score (nSPS) is 19.7. The van der Waals surface area contributed by atoms with Gasteiger partial charge in [-0.1, -0.05) is 24.3 Å². The van der Waals surface area contributed by atoms with Gasteiger partial charge in [0.2, 0.25) is 15.9 Å². The highest BCUT2D eigenvalue weighted by Gasteiger charge is 2.41. The van der Waals surface area contributed by atoms with Crippen LogP contribution in [0, 0.1) is 0 Å². The van der Waals surface area contributed by atoms with Gasteiger partial charge in [0.25, 0.3) is 0 Å². The molecule has 2 aromatic carbocycles. The van der Waals surface area contributed by atoms with Crippen molar-refractivity contribution in [3.63, 3.8) is 0 Å². The van der Waals surface area contributed by atoms with Crippen molar-refractivity contribution < 1.29 is 22.7 Å². The summed E-state index contributed by atoms with van der Waals surface area (Å²) in [6.07, 6.45) is 0.793. The highest BCUT2D eigenvalue weighted by molar-refractivity contribution is 7.89. The average Bonchev–Trinajstić information content (AvgIpc) is 2.72. The molecule has 0 spiro atoms. The lowest BCUT2D eigenvalue weighted by molar-refractivity contribution is -0.138. The molecule has 2 heterocycles. The molecule has 28 heavy (non-hydrogen) atoms. The maximum atomic E-state index is 13.2. The molecule has 148 valence electrons. The molecule has 0 bridgehead atoms. The molecular formula is C20H22N2O5S. The molecule has 2 aromatic rings. The largest absolute Gasteiger partial charge is 0.493 e. The van der Waals surface area contributed by atoms with E-state index in [0.29, 0.717) is 18.0 Å². The maximum Gasteiger partial charge on any atom is 0.243 e. The maximum absolute atomic E-state index is 13.2. The van der Waals surface area contributed by atoms with Gasteiger partial charge in [0.05, 0.1) is 31.7 Å². The van der Waals surface area contributed by atoms with Crippen LogP contribution in [0.15, 0.2) is 47.4 Å². The standard InChI is InChI=1S/C20H22N2O5S/c1-26-18-8-7-15(11-19(18)27-2)28(24,25)21-12-17-16-6-4-3-5-14(16)9-10-22(17)20(23)13-21/h3-8,11,17H,9-10,12-13H2,1-2H3. The van der Waals surface area contributed by atoms with Gasteiger partial charge in [0.1, 0.15) is 0 Å². The predicted octanol–water partition coefficient (Wildman–Crippen LogP) is 1.83. The second-order valence-electron chi connectivity index (χ2n) is 6.87. The molecule has 0 radical (unpaired) electrons. The van der Waals surface area contributed by atoms with Crippen LogP contribution in [0.4, 0.5) is 0 Å². The van der Waals surface area contributed by atoms with Crippen molar-refractivity contribution in [3.8, 4) is 11.5 Å². The molecule has 0 aromatic heterocycles. The number of carbonyl (C=O) groups is 1. The summed E-state index contributed by atoms with van der Waals surface area (Å²) in [5, 5.41) is 0. The third kappa shape index (κ3) is 3.02. The molecule has 2 aliphatic rings. The van der Waals surface area contributed by atoms with Crippen molar-refractivity contribution >= 4 is 15.9 Å². The first kappa shape index (κ1) is 18.8. The Hall–Kier alpha value is -2.58.